The van der Waals surface area contributed by atoms with Crippen LogP contribution in [0.15, 0.2) is 12.4 Å². The molecular weight excluding hydrogens is 176 g/mol. The van der Waals surface area contributed by atoms with Crippen LogP contribution in [0.4, 0.5) is 5.95 Å². The van der Waals surface area contributed by atoms with Crippen LogP contribution < -0.4 is 10.6 Å². The fourth-order valence-corrected chi connectivity index (χ4v) is 1.51. The van der Waals surface area contributed by atoms with E-state index in [0.717, 1.165) is 19.0 Å². The molecule has 80 valence electrons. The van der Waals surface area contributed by atoms with E-state index in [0.29, 0.717) is 12.6 Å². The maximum absolute atomic E-state index is 5.56. The molecular formula is C10H20N4. The molecule has 1 aromatic rings. The minimum Gasteiger partial charge on any atom is -0.341 e. The number of nitrogens with two attached hydrogens (primary N) is 1. The third kappa shape index (κ3) is 2.26. The Morgan fingerprint density at radius 1 is 1.57 bits per heavy atom. The number of nitrogens with zero attached hydrogens (tertiary/aromatic N) is 3. The number of likely N-dealkylation sites (N-methyl/N-ethyl adjacent to an activating group) is 1. The molecule has 1 heterocycles. The lowest BCUT2D eigenvalue weighted by atomic mass is 10.4. The van der Waals surface area contributed by atoms with Crippen molar-refractivity contribution >= 4 is 5.95 Å². The summed E-state index contributed by atoms with van der Waals surface area (Å²) < 4.78 is 2.17. The van der Waals surface area contributed by atoms with Crippen molar-refractivity contribution in [3.63, 3.8) is 0 Å². The van der Waals surface area contributed by atoms with E-state index in [-0.39, 0.29) is 0 Å². The normalized spacial score (nSPS) is 10.9. The molecule has 0 saturated carbocycles. The number of aromatic nitrogens is 2. The summed E-state index contributed by atoms with van der Waals surface area (Å²) in [5.41, 5.74) is 5.56. The van der Waals surface area contributed by atoms with E-state index < -0.39 is 0 Å². The van der Waals surface area contributed by atoms with Gasteiger partial charge in [0.2, 0.25) is 5.95 Å². The first-order valence-corrected chi connectivity index (χ1v) is 5.18. The smallest absolute Gasteiger partial charge is 0.205 e. The van der Waals surface area contributed by atoms with Crippen molar-refractivity contribution in [1.82, 2.24) is 9.55 Å². The first-order chi connectivity index (χ1) is 6.70. The van der Waals surface area contributed by atoms with Gasteiger partial charge in [0.05, 0.1) is 0 Å². The molecule has 0 aliphatic heterocycles. The van der Waals surface area contributed by atoms with E-state index in [1.807, 2.05) is 12.4 Å². The summed E-state index contributed by atoms with van der Waals surface area (Å²) in [7, 11) is 0. The van der Waals surface area contributed by atoms with Crippen LogP contribution in [0.2, 0.25) is 0 Å². The number of hydrogen-bond acceptors (Lipinski definition) is 3. The SMILES string of the molecule is CCN(CCN)c1nccn1C(C)C. The molecule has 0 aliphatic rings. The molecule has 0 unspecified atom stereocenters. The van der Waals surface area contributed by atoms with E-state index in [2.05, 4.69) is 35.2 Å². The van der Waals surface area contributed by atoms with Gasteiger partial charge in [-0.15, -0.1) is 0 Å². The van der Waals surface area contributed by atoms with E-state index in [9.17, 15) is 0 Å². The van der Waals surface area contributed by atoms with Gasteiger partial charge in [0, 0.05) is 38.1 Å². The summed E-state index contributed by atoms with van der Waals surface area (Å²) >= 11 is 0. The van der Waals surface area contributed by atoms with Crippen molar-refractivity contribution in [3.05, 3.63) is 12.4 Å². The first-order valence-electron chi connectivity index (χ1n) is 5.18. The van der Waals surface area contributed by atoms with Gasteiger partial charge in [-0.1, -0.05) is 0 Å². The molecule has 0 amide bonds. The molecule has 0 atom stereocenters. The molecule has 14 heavy (non-hydrogen) atoms. The fourth-order valence-electron chi connectivity index (χ4n) is 1.51. The van der Waals surface area contributed by atoms with Gasteiger partial charge < -0.3 is 15.2 Å². The van der Waals surface area contributed by atoms with Crippen LogP contribution in [0.5, 0.6) is 0 Å². The standard InChI is InChI=1S/C10H20N4/c1-4-13(7-5-11)10-12-6-8-14(10)9(2)3/h6,8-9H,4-5,7,11H2,1-3H3. The van der Waals surface area contributed by atoms with Crippen molar-refractivity contribution in [2.75, 3.05) is 24.5 Å². The minimum atomic E-state index is 0.444. The van der Waals surface area contributed by atoms with Gasteiger partial charge in [0.25, 0.3) is 0 Å². The molecule has 2 N–H and O–H groups in total. The molecule has 0 aromatic carbocycles. The Kier molecular flexibility index (Phi) is 3.95. The van der Waals surface area contributed by atoms with Crippen LogP contribution in [-0.2, 0) is 0 Å². The van der Waals surface area contributed by atoms with Gasteiger partial charge in [-0.05, 0) is 20.8 Å². The molecule has 4 heteroatoms. The van der Waals surface area contributed by atoms with Crippen molar-refractivity contribution in [2.24, 2.45) is 5.73 Å². The zero-order valence-electron chi connectivity index (χ0n) is 9.27. The lowest BCUT2D eigenvalue weighted by Gasteiger charge is -2.23. The van der Waals surface area contributed by atoms with Crippen LogP contribution in [0.1, 0.15) is 26.8 Å². The van der Waals surface area contributed by atoms with Gasteiger partial charge in [0.1, 0.15) is 0 Å². The van der Waals surface area contributed by atoms with Crippen molar-refractivity contribution in [3.8, 4) is 0 Å². The summed E-state index contributed by atoms with van der Waals surface area (Å²) in [6.45, 7) is 8.90. The van der Waals surface area contributed by atoms with Crippen LogP contribution in [0.3, 0.4) is 0 Å². The topological polar surface area (TPSA) is 47.1 Å². The maximum Gasteiger partial charge on any atom is 0.205 e. The molecule has 0 aliphatic carbocycles. The van der Waals surface area contributed by atoms with Crippen LogP contribution in [0, 0.1) is 0 Å². The van der Waals surface area contributed by atoms with Gasteiger partial charge >= 0.3 is 0 Å². The molecule has 1 aromatic heterocycles. The lowest BCUT2D eigenvalue weighted by molar-refractivity contribution is 0.586. The van der Waals surface area contributed by atoms with Crippen molar-refractivity contribution < 1.29 is 0 Å². The maximum atomic E-state index is 5.56. The highest BCUT2D eigenvalue weighted by atomic mass is 15.3. The number of hydrogen-bond donors (Lipinski definition) is 1. The number of imidazole rings is 1. The van der Waals surface area contributed by atoms with Crippen LogP contribution in [-0.4, -0.2) is 29.2 Å². The van der Waals surface area contributed by atoms with Gasteiger partial charge in [-0.3, -0.25) is 0 Å². The summed E-state index contributed by atoms with van der Waals surface area (Å²) in [6.07, 6.45) is 3.85. The molecule has 4 nitrogen and oxygen atoms in total. The Balaban J connectivity index is 2.86. The first kappa shape index (κ1) is 11.0. The number of anilines is 1. The monoisotopic (exact) mass is 196 g/mol. The molecule has 0 saturated heterocycles. The number of rotatable bonds is 5. The Labute approximate surface area is 85.7 Å². The zero-order chi connectivity index (χ0) is 10.6. The zero-order valence-corrected chi connectivity index (χ0v) is 9.27. The van der Waals surface area contributed by atoms with Gasteiger partial charge in [-0.2, -0.15) is 0 Å². The second kappa shape index (κ2) is 5.00. The van der Waals surface area contributed by atoms with E-state index in [1.54, 1.807) is 0 Å². The van der Waals surface area contributed by atoms with Crippen molar-refractivity contribution in [1.29, 1.82) is 0 Å². The summed E-state index contributed by atoms with van der Waals surface area (Å²) in [6, 6.07) is 0.444. The largest absolute Gasteiger partial charge is 0.341 e. The third-order valence-electron chi connectivity index (χ3n) is 2.27. The Morgan fingerprint density at radius 2 is 2.29 bits per heavy atom. The summed E-state index contributed by atoms with van der Waals surface area (Å²) in [5.74, 6) is 1.02. The van der Waals surface area contributed by atoms with E-state index in [1.165, 1.54) is 0 Å². The van der Waals surface area contributed by atoms with Crippen LogP contribution >= 0.6 is 0 Å². The predicted molar refractivity (Wildman–Crippen MR) is 59.6 cm³/mol. The molecule has 0 spiro atoms. The quantitative estimate of drug-likeness (QED) is 0.771. The highest BCUT2D eigenvalue weighted by Crippen LogP contribution is 2.16. The molecule has 0 bridgehead atoms. The molecule has 0 fully saturated rings. The molecule has 0 radical (unpaired) electrons. The van der Waals surface area contributed by atoms with E-state index >= 15 is 0 Å². The van der Waals surface area contributed by atoms with E-state index in [4.69, 9.17) is 5.73 Å². The minimum absolute atomic E-state index is 0.444. The summed E-state index contributed by atoms with van der Waals surface area (Å²) in [4.78, 5) is 6.56. The average Bonchev–Trinajstić information content (AvgIpc) is 2.62. The highest BCUT2D eigenvalue weighted by molar-refractivity contribution is 5.31. The van der Waals surface area contributed by atoms with Crippen molar-refractivity contribution in [2.45, 2.75) is 26.8 Å². The molecule has 1 rings (SSSR count). The second-order valence-corrected chi connectivity index (χ2v) is 3.60. The van der Waals surface area contributed by atoms with Gasteiger partial charge in [-0.25, -0.2) is 4.98 Å². The summed E-state index contributed by atoms with van der Waals surface area (Å²) in [5, 5.41) is 0. The van der Waals surface area contributed by atoms with Crippen LogP contribution in [0.25, 0.3) is 0 Å². The highest BCUT2D eigenvalue weighted by Gasteiger charge is 2.11. The Hall–Kier alpha value is -1.03. The lowest BCUT2D eigenvalue weighted by Crippen LogP contribution is -2.31. The average molecular weight is 196 g/mol. The fraction of sp³-hybridized carbons (Fsp3) is 0.700. The Bertz CT molecular complexity index is 267. The predicted octanol–water partition coefficient (Wildman–Crippen LogP) is 1.25. The third-order valence-corrected chi connectivity index (χ3v) is 2.27. The second-order valence-electron chi connectivity index (χ2n) is 3.60. The van der Waals surface area contributed by atoms with Gasteiger partial charge in [0.15, 0.2) is 0 Å². The Morgan fingerprint density at radius 3 is 2.79 bits per heavy atom.